The number of nitrogens with zero attached hydrogens (tertiary/aromatic N) is 4. The number of carbonyl (C=O) groups excluding carboxylic acids is 1. The maximum absolute atomic E-state index is 13.3. The molecule has 3 N–H and O–H groups in total. The van der Waals surface area contributed by atoms with Gasteiger partial charge in [-0.05, 0) is 66.6 Å². The molecule has 2 saturated heterocycles. The Hall–Kier alpha value is -2.86. The van der Waals surface area contributed by atoms with Gasteiger partial charge in [0.2, 0.25) is 5.91 Å². The molecule has 0 unspecified atom stereocenters. The molecule has 53 heavy (non-hydrogen) atoms. The Morgan fingerprint density at radius 3 is 1.51 bits per heavy atom. The molecule has 0 saturated carbocycles. The van der Waals surface area contributed by atoms with Gasteiger partial charge >= 0.3 is 26.4 Å². The van der Waals surface area contributed by atoms with Crippen molar-refractivity contribution in [3.8, 4) is 0 Å². The van der Waals surface area contributed by atoms with Gasteiger partial charge in [-0.3, -0.25) is 18.2 Å². The van der Waals surface area contributed by atoms with Crippen LogP contribution in [0.5, 0.6) is 0 Å². The molecule has 2 heterocycles. The van der Waals surface area contributed by atoms with E-state index in [1.165, 1.54) is 4.31 Å². The standard InChI is InChI=1S/C21H25Cl2N3O4S.C13H16Cl2N2O4S/c1-14-8-17(22)21(18(23)9-14)26-11-15(2)10-25(31(26,29)30)12-20(28)24-19(13-27)16-6-4-3-5-7-16;1-8-3-10(14)13(11(15)4-8)17-6-9(2)5-16(7-12(18)19)22(17,20)21/h3-9,15,19,27H,10-13H2,1-2H3,(H,24,28);3-4,9H,5-7H2,1-2H3,(H,18,19)/t15-,19+;9-/m00/s1. The predicted molar refractivity (Wildman–Crippen MR) is 208 cm³/mol. The minimum atomic E-state index is -4.04. The Morgan fingerprint density at radius 2 is 1.13 bits per heavy atom. The van der Waals surface area contributed by atoms with Gasteiger partial charge in [0.05, 0.1) is 50.7 Å². The van der Waals surface area contributed by atoms with Crippen molar-refractivity contribution in [3.05, 3.63) is 91.4 Å². The summed E-state index contributed by atoms with van der Waals surface area (Å²) in [5.74, 6) is -1.84. The van der Waals surface area contributed by atoms with Crippen LogP contribution >= 0.6 is 46.4 Å². The lowest BCUT2D eigenvalue weighted by atomic mass is 10.1. The summed E-state index contributed by atoms with van der Waals surface area (Å²) in [6.07, 6.45) is 0. The van der Waals surface area contributed by atoms with Crippen LogP contribution in [-0.4, -0.2) is 93.4 Å². The first-order valence-corrected chi connectivity index (χ1v) is 20.7. The summed E-state index contributed by atoms with van der Waals surface area (Å²) in [6, 6.07) is 14.9. The normalized spacial score (nSPS) is 20.6. The Bertz CT molecular complexity index is 2000. The van der Waals surface area contributed by atoms with E-state index in [0.717, 1.165) is 29.6 Å². The lowest BCUT2D eigenvalue weighted by Gasteiger charge is -2.39. The summed E-state index contributed by atoms with van der Waals surface area (Å²) in [6.45, 7) is 6.79. The molecular formula is C34H41Cl4N5O8S2. The molecule has 0 bridgehead atoms. The van der Waals surface area contributed by atoms with Crippen molar-refractivity contribution in [2.24, 2.45) is 11.8 Å². The van der Waals surface area contributed by atoms with E-state index in [9.17, 15) is 31.5 Å². The van der Waals surface area contributed by atoms with Gasteiger partial charge < -0.3 is 15.5 Å². The second-order valence-corrected chi connectivity index (χ2v) is 18.5. The van der Waals surface area contributed by atoms with E-state index in [4.69, 9.17) is 51.5 Å². The number of carboxylic acids is 1. The van der Waals surface area contributed by atoms with Crippen LogP contribution in [0.25, 0.3) is 0 Å². The zero-order valence-electron chi connectivity index (χ0n) is 29.3. The minimum Gasteiger partial charge on any atom is -0.480 e. The van der Waals surface area contributed by atoms with Gasteiger partial charge in [-0.25, -0.2) is 0 Å². The maximum Gasteiger partial charge on any atom is 0.318 e. The fourth-order valence-corrected chi connectivity index (χ4v) is 11.6. The van der Waals surface area contributed by atoms with Crippen LogP contribution in [0, 0.1) is 25.7 Å². The van der Waals surface area contributed by atoms with E-state index in [-0.39, 0.29) is 82.6 Å². The molecule has 0 spiro atoms. The van der Waals surface area contributed by atoms with E-state index in [1.807, 2.05) is 26.8 Å². The Labute approximate surface area is 330 Å². The van der Waals surface area contributed by atoms with Gasteiger partial charge in [-0.15, -0.1) is 0 Å². The van der Waals surface area contributed by atoms with E-state index in [1.54, 1.807) is 55.5 Å². The van der Waals surface area contributed by atoms with Crippen LogP contribution in [0.1, 0.15) is 36.6 Å². The minimum absolute atomic E-state index is 0.0590. The summed E-state index contributed by atoms with van der Waals surface area (Å²) in [7, 11) is -8.02. The van der Waals surface area contributed by atoms with E-state index in [0.29, 0.717) is 0 Å². The zero-order valence-corrected chi connectivity index (χ0v) is 34.0. The molecule has 290 valence electrons. The van der Waals surface area contributed by atoms with E-state index >= 15 is 0 Å². The van der Waals surface area contributed by atoms with Crippen molar-refractivity contribution < 1.29 is 36.6 Å². The summed E-state index contributed by atoms with van der Waals surface area (Å²) >= 11 is 25.0. The van der Waals surface area contributed by atoms with Crippen LogP contribution in [0.15, 0.2) is 54.6 Å². The van der Waals surface area contributed by atoms with E-state index in [2.05, 4.69) is 5.32 Å². The van der Waals surface area contributed by atoms with Crippen molar-refractivity contribution >= 4 is 90.1 Å². The quantitative estimate of drug-likeness (QED) is 0.252. The molecule has 3 aromatic rings. The average Bonchev–Trinajstić information content (AvgIpc) is 3.04. The number of anilines is 2. The first kappa shape index (κ1) is 42.9. The molecule has 2 aliphatic rings. The van der Waals surface area contributed by atoms with Gasteiger partial charge in [0, 0.05) is 26.2 Å². The molecule has 0 aliphatic carbocycles. The van der Waals surface area contributed by atoms with Gasteiger partial charge in [-0.1, -0.05) is 90.6 Å². The number of aliphatic hydroxyl groups is 1. The number of halogens is 4. The molecule has 2 aliphatic heterocycles. The average molecular weight is 854 g/mol. The summed E-state index contributed by atoms with van der Waals surface area (Å²) in [4.78, 5) is 23.6. The van der Waals surface area contributed by atoms with Crippen LogP contribution < -0.4 is 13.9 Å². The second kappa shape index (κ2) is 17.7. The van der Waals surface area contributed by atoms with Gasteiger partial charge in [0.25, 0.3) is 0 Å². The van der Waals surface area contributed by atoms with Crippen LogP contribution in [-0.2, 0) is 30.0 Å². The summed E-state index contributed by atoms with van der Waals surface area (Å²) in [5.41, 5.74) is 2.75. The van der Waals surface area contributed by atoms with Crippen LogP contribution in [0.3, 0.4) is 0 Å². The highest BCUT2D eigenvalue weighted by Crippen LogP contribution is 2.40. The lowest BCUT2D eigenvalue weighted by Crippen LogP contribution is -2.56. The van der Waals surface area contributed by atoms with Gasteiger partial charge in [-0.2, -0.15) is 25.4 Å². The molecule has 0 radical (unpaired) electrons. The lowest BCUT2D eigenvalue weighted by molar-refractivity contribution is -0.137. The van der Waals surface area contributed by atoms with E-state index < -0.39 is 44.9 Å². The number of rotatable bonds is 9. The molecule has 3 aromatic carbocycles. The third-order valence-electron chi connectivity index (χ3n) is 8.37. The third kappa shape index (κ3) is 10.3. The van der Waals surface area contributed by atoms with Crippen LogP contribution in [0.4, 0.5) is 11.4 Å². The van der Waals surface area contributed by atoms with Crippen molar-refractivity contribution in [2.75, 3.05) is 54.5 Å². The van der Waals surface area contributed by atoms with Crippen LogP contribution in [0.2, 0.25) is 20.1 Å². The smallest absolute Gasteiger partial charge is 0.318 e. The van der Waals surface area contributed by atoms with Crippen molar-refractivity contribution in [2.45, 2.75) is 33.7 Å². The molecule has 0 aromatic heterocycles. The first-order valence-electron chi connectivity index (χ1n) is 16.4. The molecule has 19 heteroatoms. The summed E-state index contributed by atoms with van der Waals surface area (Å²) < 4.78 is 56.2. The number of aliphatic hydroxyl groups excluding tert-OH is 1. The molecule has 3 atom stereocenters. The molecule has 13 nitrogen and oxygen atoms in total. The number of carbonyl (C=O) groups is 2. The summed E-state index contributed by atoms with van der Waals surface area (Å²) in [5, 5.41) is 22.2. The number of aliphatic carboxylic acids is 1. The molecule has 2 fully saturated rings. The monoisotopic (exact) mass is 851 g/mol. The molecule has 5 rings (SSSR count). The topological polar surface area (TPSA) is 168 Å². The molecular weight excluding hydrogens is 812 g/mol. The zero-order chi connectivity index (χ0) is 39.4. The number of nitrogens with one attached hydrogen (secondary N) is 1. The van der Waals surface area contributed by atoms with Crippen molar-refractivity contribution in [1.29, 1.82) is 0 Å². The number of aryl methyl sites for hydroxylation is 2. The Kier molecular flexibility index (Phi) is 14.3. The Balaban J connectivity index is 0.000000251. The highest BCUT2D eigenvalue weighted by Gasteiger charge is 2.41. The second-order valence-electron chi connectivity index (χ2n) is 13.1. The van der Waals surface area contributed by atoms with Crippen molar-refractivity contribution in [1.82, 2.24) is 13.9 Å². The fraction of sp³-hybridized carbons (Fsp3) is 0.412. The Morgan fingerprint density at radius 1 is 0.736 bits per heavy atom. The largest absolute Gasteiger partial charge is 0.480 e. The highest BCUT2D eigenvalue weighted by atomic mass is 35.5. The predicted octanol–water partition coefficient (Wildman–Crippen LogP) is 5.54. The number of amides is 1. The maximum atomic E-state index is 13.3. The van der Waals surface area contributed by atoms with Gasteiger partial charge in [0.1, 0.15) is 6.54 Å². The number of hydrogen-bond acceptors (Lipinski definition) is 7. The highest BCUT2D eigenvalue weighted by molar-refractivity contribution is 7.90. The SMILES string of the molecule is Cc1cc(Cl)c(N2C[C@@H](C)CN(CC(=O)N[C@H](CO)c3ccccc3)S2(=O)=O)c(Cl)c1.Cc1cc(Cl)c(N2C[C@@H](C)CN(CC(=O)O)S2(=O)=O)c(Cl)c1. The number of benzene rings is 3. The first-order chi connectivity index (χ1) is 24.8. The number of carboxylic acid groups (broad SMARTS) is 1. The number of hydrogen-bond donors (Lipinski definition) is 3. The third-order valence-corrected chi connectivity index (χ3v) is 13.2. The molecule has 1 amide bonds. The fourth-order valence-electron chi connectivity index (χ4n) is 6.07. The van der Waals surface area contributed by atoms with Gasteiger partial charge in [0.15, 0.2) is 0 Å². The van der Waals surface area contributed by atoms with Crippen molar-refractivity contribution in [3.63, 3.8) is 0 Å².